The molecule has 0 saturated carbocycles. The van der Waals surface area contributed by atoms with Crippen LogP contribution < -0.4 is 0 Å². The fourth-order valence-electron chi connectivity index (χ4n) is 1.78. The topological polar surface area (TPSA) is 0 Å². The zero-order valence-corrected chi connectivity index (χ0v) is 10.7. The normalized spacial score (nSPS) is 13.5. The summed E-state index contributed by atoms with van der Waals surface area (Å²) >= 11 is 0. The molecule has 0 aromatic rings. The number of hydrogen-bond donors (Lipinski definition) is 0. The smallest absolute Gasteiger partial charge is 0.0417 e. The van der Waals surface area contributed by atoms with Gasteiger partial charge in [0.1, 0.15) is 0 Å². The molecule has 0 fully saturated rings. The van der Waals surface area contributed by atoms with Gasteiger partial charge >= 0.3 is 0 Å². The molecule has 0 aromatic carbocycles. The Morgan fingerprint density at radius 3 is 2.14 bits per heavy atom. The molecule has 0 heteroatoms. The Hall–Kier alpha value is 0. The van der Waals surface area contributed by atoms with E-state index in [4.69, 9.17) is 0 Å². The van der Waals surface area contributed by atoms with Crippen LogP contribution in [0.1, 0.15) is 72.6 Å². The SMILES string of the molecule is C[CH]CCCCCC(C)CCC(C)C. The summed E-state index contributed by atoms with van der Waals surface area (Å²) in [4.78, 5) is 0. The van der Waals surface area contributed by atoms with E-state index in [2.05, 4.69) is 34.1 Å². The fraction of sp³-hybridized carbons (Fsp3) is 0.929. The molecule has 0 spiro atoms. The molecule has 0 nitrogen and oxygen atoms in total. The van der Waals surface area contributed by atoms with E-state index in [-0.39, 0.29) is 0 Å². The first-order valence-corrected chi connectivity index (χ1v) is 6.44. The van der Waals surface area contributed by atoms with Crippen LogP contribution in [0.25, 0.3) is 0 Å². The average molecular weight is 197 g/mol. The van der Waals surface area contributed by atoms with Crippen molar-refractivity contribution in [1.82, 2.24) is 0 Å². The molecular formula is C14H29. The third-order valence-electron chi connectivity index (χ3n) is 2.93. The average Bonchev–Trinajstić information content (AvgIpc) is 2.14. The van der Waals surface area contributed by atoms with Gasteiger partial charge < -0.3 is 0 Å². The predicted octanol–water partition coefficient (Wildman–Crippen LogP) is 5.23. The van der Waals surface area contributed by atoms with Crippen molar-refractivity contribution in [1.29, 1.82) is 0 Å². The largest absolute Gasteiger partial charge is 0.0628 e. The molecule has 0 aliphatic heterocycles. The standard InChI is InChI=1S/C14H29/c1-5-6-7-8-9-10-14(4)12-11-13(2)3/h5,13-14H,6-12H2,1-4H3. The quantitative estimate of drug-likeness (QED) is 0.444. The summed E-state index contributed by atoms with van der Waals surface area (Å²) in [5, 5.41) is 0. The van der Waals surface area contributed by atoms with Crippen molar-refractivity contribution >= 4 is 0 Å². The minimum Gasteiger partial charge on any atom is -0.0628 e. The van der Waals surface area contributed by atoms with Gasteiger partial charge in [-0.2, -0.15) is 0 Å². The molecule has 0 N–H and O–H groups in total. The van der Waals surface area contributed by atoms with E-state index >= 15 is 0 Å². The molecule has 0 amide bonds. The summed E-state index contributed by atoms with van der Waals surface area (Å²) in [6.45, 7) is 9.22. The molecule has 14 heavy (non-hydrogen) atoms. The van der Waals surface area contributed by atoms with Gasteiger partial charge in [0.05, 0.1) is 0 Å². The number of unbranched alkanes of at least 4 members (excludes halogenated alkanes) is 4. The van der Waals surface area contributed by atoms with Crippen LogP contribution in [0, 0.1) is 18.3 Å². The Bertz CT molecular complexity index is 105. The molecule has 0 heterocycles. The first kappa shape index (κ1) is 14.0. The van der Waals surface area contributed by atoms with E-state index in [0.717, 1.165) is 11.8 Å². The van der Waals surface area contributed by atoms with Gasteiger partial charge in [-0.05, 0) is 18.3 Å². The lowest BCUT2D eigenvalue weighted by atomic mass is 9.94. The molecule has 0 saturated heterocycles. The van der Waals surface area contributed by atoms with E-state index in [1.54, 1.807) is 0 Å². The lowest BCUT2D eigenvalue weighted by molar-refractivity contribution is 0.412. The Kier molecular flexibility index (Phi) is 9.55. The van der Waals surface area contributed by atoms with Gasteiger partial charge in [-0.15, -0.1) is 0 Å². The van der Waals surface area contributed by atoms with Crippen molar-refractivity contribution in [2.75, 3.05) is 0 Å². The van der Waals surface area contributed by atoms with Crippen molar-refractivity contribution in [2.45, 2.75) is 72.6 Å². The molecule has 0 aromatic heterocycles. The molecule has 0 rings (SSSR count). The zero-order chi connectivity index (χ0) is 10.8. The molecule has 85 valence electrons. The summed E-state index contributed by atoms with van der Waals surface area (Å²) < 4.78 is 0. The van der Waals surface area contributed by atoms with Crippen LogP contribution in [-0.2, 0) is 0 Å². The summed E-state index contributed by atoms with van der Waals surface area (Å²) in [7, 11) is 0. The van der Waals surface area contributed by atoms with Crippen molar-refractivity contribution in [3.63, 3.8) is 0 Å². The van der Waals surface area contributed by atoms with Crippen LogP contribution >= 0.6 is 0 Å². The van der Waals surface area contributed by atoms with Crippen LogP contribution in [-0.4, -0.2) is 0 Å². The summed E-state index contributed by atoms with van der Waals surface area (Å²) in [5.41, 5.74) is 0. The number of rotatable bonds is 9. The van der Waals surface area contributed by atoms with E-state index < -0.39 is 0 Å². The lowest BCUT2D eigenvalue weighted by Crippen LogP contribution is -1.98. The molecular weight excluding hydrogens is 168 g/mol. The van der Waals surface area contributed by atoms with Gasteiger partial charge in [0, 0.05) is 0 Å². The van der Waals surface area contributed by atoms with Gasteiger partial charge in [0.25, 0.3) is 0 Å². The van der Waals surface area contributed by atoms with Crippen LogP contribution in [0.4, 0.5) is 0 Å². The highest BCUT2D eigenvalue weighted by atomic mass is 14.1. The van der Waals surface area contributed by atoms with Crippen molar-refractivity contribution in [2.24, 2.45) is 11.8 Å². The highest BCUT2D eigenvalue weighted by molar-refractivity contribution is 4.58. The lowest BCUT2D eigenvalue weighted by Gasteiger charge is -2.12. The van der Waals surface area contributed by atoms with Crippen LogP contribution in [0.2, 0.25) is 0 Å². The predicted molar refractivity (Wildman–Crippen MR) is 66.3 cm³/mol. The minimum atomic E-state index is 0.882. The maximum atomic E-state index is 2.41. The van der Waals surface area contributed by atoms with E-state index in [9.17, 15) is 0 Å². The Morgan fingerprint density at radius 1 is 0.857 bits per heavy atom. The maximum Gasteiger partial charge on any atom is -0.0417 e. The molecule has 1 unspecified atom stereocenters. The summed E-state index contributed by atoms with van der Waals surface area (Å²) in [6, 6.07) is 0. The summed E-state index contributed by atoms with van der Waals surface area (Å²) in [6.07, 6.45) is 12.1. The van der Waals surface area contributed by atoms with Crippen molar-refractivity contribution in [3.8, 4) is 0 Å². The summed E-state index contributed by atoms with van der Waals surface area (Å²) in [5.74, 6) is 1.83. The second kappa shape index (κ2) is 9.55. The zero-order valence-electron chi connectivity index (χ0n) is 10.7. The van der Waals surface area contributed by atoms with Crippen molar-refractivity contribution < 1.29 is 0 Å². The Labute approximate surface area is 91.5 Å². The molecule has 0 aliphatic carbocycles. The van der Waals surface area contributed by atoms with E-state index in [1.807, 2.05) is 0 Å². The van der Waals surface area contributed by atoms with Gasteiger partial charge in [-0.25, -0.2) is 0 Å². The fourth-order valence-corrected chi connectivity index (χ4v) is 1.78. The second-order valence-corrected chi connectivity index (χ2v) is 5.12. The van der Waals surface area contributed by atoms with Crippen LogP contribution in [0.5, 0.6) is 0 Å². The van der Waals surface area contributed by atoms with E-state index in [0.29, 0.717) is 0 Å². The van der Waals surface area contributed by atoms with Gasteiger partial charge in [-0.3, -0.25) is 0 Å². The monoisotopic (exact) mass is 197 g/mol. The molecule has 1 radical (unpaired) electrons. The van der Waals surface area contributed by atoms with Crippen LogP contribution in [0.3, 0.4) is 0 Å². The molecule has 1 atom stereocenters. The third kappa shape index (κ3) is 10.1. The Balaban J connectivity index is 3.14. The second-order valence-electron chi connectivity index (χ2n) is 5.12. The van der Waals surface area contributed by atoms with Gasteiger partial charge in [0.2, 0.25) is 0 Å². The van der Waals surface area contributed by atoms with Gasteiger partial charge in [-0.1, -0.05) is 72.6 Å². The van der Waals surface area contributed by atoms with E-state index in [1.165, 1.54) is 44.9 Å². The van der Waals surface area contributed by atoms with Gasteiger partial charge in [0.15, 0.2) is 0 Å². The highest BCUT2D eigenvalue weighted by Gasteiger charge is 2.03. The van der Waals surface area contributed by atoms with Crippen LogP contribution in [0.15, 0.2) is 0 Å². The minimum absolute atomic E-state index is 0.882. The molecule has 0 bridgehead atoms. The molecule has 0 aliphatic rings. The maximum absolute atomic E-state index is 2.41. The number of hydrogen-bond acceptors (Lipinski definition) is 0. The Morgan fingerprint density at radius 2 is 1.57 bits per heavy atom. The third-order valence-corrected chi connectivity index (χ3v) is 2.93. The first-order chi connectivity index (χ1) is 6.66. The first-order valence-electron chi connectivity index (χ1n) is 6.44. The van der Waals surface area contributed by atoms with Crippen molar-refractivity contribution in [3.05, 3.63) is 6.42 Å². The highest BCUT2D eigenvalue weighted by Crippen LogP contribution is 2.18.